The molecule has 2 aliphatic rings. The number of nitrogens with one attached hydrogen (secondary N) is 1. The number of hydrogen-bond acceptors (Lipinski definition) is 15. The van der Waals surface area contributed by atoms with Gasteiger partial charge in [-0.25, -0.2) is 9.48 Å². The van der Waals surface area contributed by atoms with Crippen molar-refractivity contribution in [1.82, 2.24) is 34.3 Å². The number of amides is 2. The van der Waals surface area contributed by atoms with Gasteiger partial charge in [0, 0.05) is 30.1 Å². The van der Waals surface area contributed by atoms with Crippen LogP contribution in [0.5, 0.6) is 5.88 Å². The van der Waals surface area contributed by atoms with Gasteiger partial charge in [-0.3, -0.25) is 19.3 Å². The van der Waals surface area contributed by atoms with Gasteiger partial charge in [-0.15, -0.1) is 16.9 Å². The van der Waals surface area contributed by atoms with Crippen molar-refractivity contribution in [3.8, 4) is 5.88 Å². The number of hydrogen-bond donors (Lipinski definition) is 4. The number of carbonyl (C=O) groups is 3. The molecule has 1 fully saturated rings. The lowest BCUT2D eigenvalue weighted by Gasteiger charge is -2.49. The van der Waals surface area contributed by atoms with Gasteiger partial charge in [0.2, 0.25) is 11.5 Å². The third-order valence-electron chi connectivity index (χ3n) is 4.87. The molecule has 2 aromatic rings. The zero-order valence-corrected chi connectivity index (χ0v) is 20.9. The number of aromatic nitrogens is 5. The van der Waals surface area contributed by atoms with E-state index in [0.29, 0.717) is 5.57 Å². The van der Waals surface area contributed by atoms with Crippen LogP contribution < -0.4 is 16.6 Å². The van der Waals surface area contributed by atoms with Gasteiger partial charge in [0.1, 0.15) is 24.2 Å². The summed E-state index contributed by atoms with van der Waals surface area (Å²) in [5.74, 6) is -3.23. The summed E-state index contributed by atoms with van der Waals surface area (Å²) in [5, 5.41) is 28.6. The fourth-order valence-electron chi connectivity index (χ4n) is 3.32. The molecule has 0 aliphatic carbocycles. The highest BCUT2D eigenvalue weighted by Crippen LogP contribution is 2.41. The molecule has 0 aromatic carbocycles. The van der Waals surface area contributed by atoms with E-state index in [1.165, 1.54) is 30.6 Å². The number of carboxylic acids is 1. The summed E-state index contributed by atoms with van der Waals surface area (Å²) < 4.78 is 5.10. The Morgan fingerprint density at radius 1 is 1.36 bits per heavy atom. The number of carbonyl (C=O) groups excluding carboxylic acids is 2. The minimum Gasteiger partial charge on any atom is -0.488 e. The standard InChI is InChI=1S/C17H17N9O7S3/c1-25-17(21-11(28)12(29)22-25)35-4-5-3-34-14-7(13(30)26(14)8(5)15(31)32)19-10(27)6(23-33-2)9-20-16(18)36-24-9/h7,14H,3-4H2,1-2H3,(H,19,27)(H,22,29)(H,31,32)(H2,18,20,24)/t7?,14-/m0/s1. The van der Waals surface area contributed by atoms with Crippen molar-refractivity contribution in [3.63, 3.8) is 0 Å². The molecule has 2 aromatic heterocycles. The van der Waals surface area contributed by atoms with Crippen molar-refractivity contribution >= 4 is 63.7 Å². The second-order valence-electron chi connectivity index (χ2n) is 7.13. The third-order valence-corrected chi connectivity index (χ3v) is 7.86. The van der Waals surface area contributed by atoms with E-state index < -0.39 is 40.6 Å². The highest BCUT2D eigenvalue weighted by molar-refractivity contribution is 8.01. The number of oxime groups is 1. The maximum atomic E-state index is 12.9. The predicted molar refractivity (Wildman–Crippen MR) is 127 cm³/mol. The van der Waals surface area contributed by atoms with Gasteiger partial charge in [-0.1, -0.05) is 16.9 Å². The van der Waals surface area contributed by atoms with E-state index in [9.17, 15) is 29.4 Å². The molecule has 5 N–H and O–H groups in total. The monoisotopic (exact) mass is 555 g/mol. The second kappa shape index (κ2) is 10.1. The Balaban J connectivity index is 1.51. The molecule has 2 atom stereocenters. The van der Waals surface area contributed by atoms with E-state index in [4.69, 9.17) is 5.73 Å². The third kappa shape index (κ3) is 4.71. The molecule has 0 spiro atoms. The molecule has 1 saturated heterocycles. The fraction of sp³-hybridized carbons (Fsp3) is 0.353. The summed E-state index contributed by atoms with van der Waals surface area (Å²) in [6, 6.07) is -1.02. The normalized spacial score (nSPS) is 19.6. The minimum atomic E-state index is -1.32. The summed E-state index contributed by atoms with van der Waals surface area (Å²) in [7, 11) is 2.69. The van der Waals surface area contributed by atoms with Gasteiger partial charge in [0.25, 0.3) is 17.7 Å². The average Bonchev–Trinajstić information content (AvgIpc) is 3.27. The van der Waals surface area contributed by atoms with Crippen LogP contribution in [-0.4, -0.2) is 92.8 Å². The molecule has 2 aliphatic heterocycles. The molecule has 1 unspecified atom stereocenters. The van der Waals surface area contributed by atoms with Crippen molar-refractivity contribution in [2.75, 3.05) is 24.3 Å². The first-order valence-electron chi connectivity index (χ1n) is 9.81. The average molecular weight is 556 g/mol. The lowest BCUT2D eigenvalue weighted by atomic mass is 10.0. The summed E-state index contributed by atoms with van der Waals surface area (Å²) in [6.45, 7) is 0. The molecule has 0 bridgehead atoms. The van der Waals surface area contributed by atoms with Crippen molar-refractivity contribution < 1.29 is 29.4 Å². The van der Waals surface area contributed by atoms with Gasteiger partial charge >= 0.3 is 11.5 Å². The number of nitrogens with two attached hydrogens (primary N) is 1. The van der Waals surface area contributed by atoms with Crippen molar-refractivity contribution in [2.45, 2.75) is 16.6 Å². The van der Waals surface area contributed by atoms with E-state index in [2.05, 4.69) is 34.8 Å². The largest absolute Gasteiger partial charge is 0.488 e. The molecule has 2 amide bonds. The zero-order valence-electron chi connectivity index (χ0n) is 18.4. The van der Waals surface area contributed by atoms with Gasteiger partial charge in [0.05, 0.1) is 0 Å². The lowest BCUT2D eigenvalue weighted by Crippen LogP contribution is -2.71. The fourth-order valence-corrected chi connectivity index (χ4v) is 6.15. The molecule has 36 heavy (non-hydrogen) atoms. The number of thioether (sulfide) groups is 2. The quantitative estimate of drug-likeness (QED) is 0.122. The van der Waals surface area contributed by atoms with Gasteiger partial charge < -0.3 is 26.1 Å². The first kappa shape index (κ1) is 25.4. The van der Waals surface area contributed by atoms with Crippen LogP contribution in [0.1, 0.15) is 5.82 Å². The molecule has 19 heteroatoms. The molecule has 0 saturated carbocycles. The number of nitrogens with zero attached hydrogens (tertiary/aromatic N) is 7. The number of nitrogen functional groups attached to an aromatic ring is 1. The lowest BCUT2D eigenvalue weighted by molar-refractivity contribution is -0.150. The molecule has 4 rings (SSSR count). The van der Waals surface area contributed by atoms with Crippen molar-refractivity contribution in [3.05, 3.63) is 27.4 Å². The Bertz CT molecular complexity index is 1370. The second-order valence-corrected chi connectivity index (χ2v) is 9.96. The number of rotatable bonds is 8. The summed E-state index contributed by atoms with van der Waals surface area (Å²) in [6.07, 6.45) is 0. The SMILES string of the molecule is CON=C(C(=O)NC1C(=O)N2C(C(=O)O)=C(CSc3nc(=O)c(O)nn3C)CS[C@@H]12)c1nsc(N)n1. The highest BCUT2D eigenvalue weighted by Gasteiger charge is 2.54. The number of anilines is 1. The first-order chi connectivity index (χ1) is 17.1. The number of aliphatic carboxylic acids is 1. The van der Waals surface area contributed by atoms with Crippen LogP contribution in [0.15, 0.2) is 26.4 Å². The maximum absolute atomic E-state index is 12.9. The minimum absolute atomic E-state index is 0.0751. The molecule has 16 nitrogen and oxygen atoms in total. The number of aromatic hydroxyl groups is 1. The van der Waals surface area contributed by atoms with E-state index >= 15 is 0 Å². The molecular weight excluding hydrogens is 538 g/mol. The number of β-lactam (4-membered cyclic amide) rings is 1. The Hall–Kier alpha value is -3.71. The van der Waals surface area contributed by atoms with Gasteiger partial charge in [-0.05, 0) is 5.57 Å². The van der Waals surface area contributed by atoms with E-state index in [-0.39, 0.29) is 39.0 Å². The highest BCUT2D eigenvalue weighted by atomic mass is 32.2. The van der Waals surface area contributed by atoms with E-state index in [1.54, 1.807) is 0 Å². The summed E-state index contributed by atoms with van der Waals surface area (Å²) in [5.41, 5.74) is 4.56. The topological polar surface area (TPSA) is 228 Å². The van der Waals surface area contributed by atoms with Crippen molar-refractivity contribution in [2.24, 2.45) is 12.2 Å². The Morgan fingerprint density at radius 2 is 2.11 bits per heavy atom. The van der Waals surface area contributed by atoms with Crippen molar-refractivity contribution in [1.29, 1.82) is 0 Å². The van der Waals surface area contributed by atoms with E-state index in [1.807, 2.05) is 0 Å². The van der Waals surface area contributed by atoms with Gasteiger partial charge in [-0.2, -0.15) is 14.3 Å². The van der Waals surface area contributed by atoms with Crippen LogP contribution in [0.4, 0.5) is 5.13 Å². The molecule has 190 valence electrons. The predicted octanol–water partition coefficient (Wildman–Crippen LogP) is -1.80. The van der Waals surface area contributed by atoms with Crippen LogP contribution in [0.3, 0.4) is 0 Å². The number of aryl methyl sites for hydroxylation is 1. The Morgan fingerprint density at radius 3 is 2.75 bits per heavy atom. The van der Waals surface area contributed by atoms with Crippen LogP contribution >= 0.6 is 35.1 Å². The Labute approximate surface area is 213 Å². The Kier molecular flexibility index (Phi) is 7.13. The summed E-state index contributed by atoms with van der Waals surface area (Å²) >= 11 is 3.14. The molecule has 4 heterocycles. The van der Waals surface area contributed by atoms with Gasteiger partial charge in [0.15, 0.2) is 10.3 Å². The van der Waals surface area contributed by atoms with Crippen LogP contribution in [-0.2, 0) is 26.3 Å². The molecule has 0 radical (unpaired) electrons. The van der Waals surface area contributed by atoms with E-state index in [0.717, 1.165) is 28.2 Å². The summed E-state index contributed by atoms with van der Waals surface area (Å²) in [4.78, 5) is 62.7. The van der Waals surface area contributed by atoms with Crippen LogP contribution in [0, 0.1) is 0 Å². The number of carboxylic acid groups (broad SMARTS) is 1. The van der Waals surface area contributed by atoms with Crippen LogP contribution in [0.2, 0.25) is 0 Å². The molecular formula is C17H17N9O7S3. The zero-order chi connectivity index (χ0) is 26.1. The van der Waals surface area contributed by atoms with Crippen LogP contribution in [0.25, 0.3) is 0 Å². The maximum Gasteiger partial charge on any atom is 0.352 e. The first-order valence-corrected chi connectivity index (χ1v) is 12.6. The smallest absolute Gasteiger partial charge is 0.352 e. The number of fused-ring (bicyclic) bond motifs is 1.